The van der Waals surface area contributed by atoms with Gasteiger partial charge in [0.15, 0.2) is 0 Å². The lowest BCUT2D eigenvalue weighted by atomic mass is 10.2. The highest BCUT2D eigenvalue weighted by atomic mass is 32.2. The van der Waals surface area contributed by atoms with Crippen LogP contribution in [0.25, 0.3) is 0 Å². The van der Waals surface area contributed by atoms with E-state index in [1.807, 2.05) is 0 Å². The molecule has 0 unspecified atom stereocenters. The molecular formula is C20H18N2O6S. The molecule has 1 fully saturated rings. The highest BCUT2D eigenvalue weighted by molar-refractivity contribution is 7.89. The molecule has 1 saturated heterocycles. The molecule has 0 bridgehead atoms. The van der Waals surface area contributed by atoms with Gasteiger partial charge in [0.25, 0.3) is 15.9 Å². The largest absolute Gasteiger partial charge is 0.463 e. The van der Waals surface area contributed by atoms with E-state index in [1.54, 1.807) is 43.3 Å². The van der Waals surface area contributed by atoms with Crippen molar-refractivity contribution in [3.05, 3.63) is 78.0 Å². The van der Waals surface area contributed by atoms with E-state index in [2.05, 4.69) is 0 Å². The summed E-state index contributed by atoms with van der Waals surface area (Å²) in [6.45, 7) is 1.46. The monoisotopic (exact) mass is 414 g/mol. The van der Waals surface area contributed by atoms with Gasteiger partial charge in [0, 0.05) is 0 Å². The van der Waals surface area contributed by atoms with Crippen molar-refractivity contribution >= 4 is 27.9 Å². The Morgan fingerprint density at radius 3 is 2.17 bits per heavy atom. The molecule has 0 aromatic heterocycles. The molecule has 1 aliphatic rings. The van der Waals surface area contributed by atoms with Crippen molar-refractivity contribution in [1.82, 2.24) is 9.21 Å². The second kappa shape index (κ2) is 8.27. The minimum Gasteiger partial charge on any atom is -0.463 e. The van der Waals surface area contributed by atoms with Crippen molar-refractivity contribution in [2.24, 2.45) is 0 Å². The van der Waals surface area contributed by atoms with Crippen molar-refractivity contribution in [2.45, 2.75) is 18.4 Å². The van der Waals surface area contributed by atoms with E-state index in [0.29, 0.717) is 9.87 Å². The van der Waals surface area contributed by atoms with Gasteiger partial charge in [-0.25, -0.2) is 18.0 Å². The number of ether oxygens (including phenoxy) is 1. The maximum absolute atomic E-state index is 13.1. The molecule has 3 amide bonds. The van der Waals surface area contributed by atoms with Crippen LogP contribution in [0.2, 0.25) is 0 Å². The van der Waals surface area contributed by atoms with Gasteiger partial charge in [-0.05, 0) is 24.6 Å². The third-order valence-electron chi connectivity index (χ3n) is 4.09. The van der Waals surface area contributed by atoms with Crippen molar-refractivity contribution in [3.8, 4) is 0 Å². The van der Waals surface area contributed by atoms with E-state index < -0.39 is 33.6 Å². The SMILES string of the molecule is CCOC(=O)/C=C1/C(=O)N(Cc2ccccc2)C(=O)N1S(=O)(=O)c1ccccc1. The van der Waals surface area contributed by atoms with E-state index in [4.69, 9.17) is 4.74 Å². The highest BCUT2D eigenvalue weighted by Gasteiger charge is 2.48. The van der Waals surface area contributed by atoms with Crippen LogP contribution in [0.15, 0.2) is 77.3 Å². The Bertz CT molecular complexity index is 1060. The van der Waals surface area contributed by atoms with Crippen LogP contribution >= 0.6 is 0 Å². The quantitative estimate of drug-likeness (QED) is 0.408. The molecule has 0 aliphatic carbocycles. The first-order valence-corrected chi connectivity index (χ1v) is 10.2. The number of sulfonamides is 1. The van der Waals surface area contributed by atoms with E-state index >= 15 is 0 Å². The lowest BCUT2D eigenvalue weighted by molar-refractivity contribution is -0.137. The molecule has 0 spiro atoms. The number of hydrogen-bond donors (Lipinski definition) is 0. The number of esters is 1. The summed E-state index contributed by atoms with van der Waals surface area (Å²) >= 11 is 0. The van der Waals surface area contributed by atoms with Crippen molar-refractivity contribution < 1.29 is 27.5 Å². The summed E-state index contributed by atoms with van der Waals surface area (Å²) in [7, 11) is -4.41. The van der Waals surface area contributed by atoms with E-state index in [1.165, 1.54) is 24.3 Å². The van der Waals surface area contributed by atoms with Gasteiger partial charge >= 0.3 is 12.0 Å². The Labute approximate surface area is 168 Å². The van der Waals surface area contributed by atoms with Crippen LogP contribution in [0.4, 0.5) is 4.79 Å². The molecule has 0 radical (unpaired) electrons. The highest BCUT2D eigenvalue weighted by Crippen LogP contribution is 2.30. The molecule has 29 heavy (non-hydrogen) atoms. The number of carbonyl (C=O) groups excluding carboxylic acids is 3. The first-order chi connectivity index (χ1) is 13.9. The fourth-order valence-corrected chi connectivity index (χ4v) is 4.18. The molecule has 0 saturated carbocycles. The first-order valence-electron chi connectivity index (χ1n) is 8.75. The molecule has 2 aromatic carbocycles. The van der Waals surface area contributed by atoms with Gasteiger partial charge in [-0.2, -0.15) is 4.31 Å². The van der Waals surface area contributed by atoms with Crippen LogP contribution in [-0.2, 0) is 30.9 Å². The van der Waals surface area contributed by atoms with E-state index in [-0.39, 0.29) is 18.0 Å². The summed E-state index contributed by atoms with van der Waals surface area (Å²) in [6, 6.07) is 14.8. The predicted molar refractivity (Wildman–Crippen MR) is 103 cm³/mol. The topological polar surface area (TPSA) is 101 Å². The summed E-state index contributed by atoms with van der Waals surface area (Å²) < 4.78 is 31.3. The van der Waals surface area contributed by atoms with Gasteiger partial charge in [0.05, 0.1) is 24.1 Å². The molecule has 1 heterocycles. The molecular weight excluding hydrogens is 396 g/mol. The summed E-state index contributed by atoms with van der Waals surface area (Å²) in [4.78, 5) is 38.3. The van der Waals surface area contributed by atoms with Gasteiger partial charge in [0.1, 0.15) is 5.70 Å². The minimum absolute atomic E-state index is 0.0317. The Kier molecular flexibility index (Phi) is 5.79. The van der Waals surface area contributed by atoms with Crippen LogP contribution in [0.5, 0.6) is 0 Å². The second-order valence-electron chi connectivity index (χ2n) is 6.02. The fraction of sp³-hybridized carbons (Fsp3) is 0.150. The summed E-state index contributed by atoms with van der Waals surface area (Å²) in [5.41, 5.74) is 0.0527. The molecule has 8 nitrogen and oxygen atoms in total. The summed E-state index contributed by atoms with van der Waals surface area (Å²) in [5.74, 6) is -1.81. The fourth-order valence-electron chi connectivity index (χ4n) is 2.78. The molecule has 2 aromatic rings. The lowest BCUT2D eigenvalue weighted by Crippen LogP contribution is -2.36. The zero-order chi connectivity index (χ0) is 21.0. The summed E-state index contributed by atoms with van der Waals surface area (Å²) in [5, 5.41) is 0. The van der Waals surface area contributed by atoms with Crippen molar-refractivity contribution in [2.75, 3.05) is 6.61 Å². The Morgan fingerprint density at radius 1 is 1.00 bits per heavy atom. The maximum Gasteiger partial charge on any atom is 0.346 e. The number of rotatable bonds is 6. The van der Waals surface area contributed by atoms with Gasteiger partial charge < -0.3 is 4.74 Å². The second-order valence-corrected chi connectivity index (χ2v) is 7.81. The Morgan fingerprint density at radius 2 is 1.59 bits per heavy atom. The van der Waals surface area contributed by atoms with Gasteiger partial charge in [-0.3, -0.25) is 9.69 Å². The number of imide groups is 1. The zero-order valence-electron chi connectivity index (χ0n) is 15.5. The smallest absolute Gasteiger partial charge is 0.346 e. The average molecular weight is 414 g/mol. The van der Waals surface area contributed by atoms with Crippen LogP contribution in [0, 0.1) is 0 Å². The van der Waals surface area contributed by atoms with E-state index in [9.17, 15) is 22.8 Å². The molecule has 9 heteroatoms. The lowest BCUT2D eigenvalue weighted by Gasteiger charge is -2.17. The van der Waals surface area contributed by atoms with Crippen LogP contribution in [0.3, 0.4) is 0 Å². The van der Waals surface area contributed by atoms with Gasteiger partial charge in [0.2, 0.25) is 0 Å². The van der Waals surface area contributed by atoms with Crippen LogP contribution < -0.4 is 0 Å². The third-order valence-corrected chi connectivity index (χ3v) is 5.80. The molecule has 1 aliphatic heterocycles. The number of amides is 3. The predicted octanol–water partition coefficient (Wildman–Crippen LogP) is 2.29. The van der Waals surface area contributed by atoms with Gasteiger partial charge in [-0.1, -0.05) is 48.5 Å². The third kappa shape index (κ3) is 4.04. The first kappa shape index (κ1) is 20.3. The van der Waals surface area contributed by atoms with Crippen molar-refractivity contribution in [1.29, 1.82) is 0 Å². The van der Waals surface area contributed by atoms with Crippen LogP contribution in [-0.4, -0.2) is 42.1 Å². The van der Waals surface area contributed by atoms with Crippen LogP contribution in [0.1, 0.15) is 12.5 Å². The zero-order valence-corrected chi connectivity index (χ0v) is 16.3. The standard InChI is InChI=1S/C20H18N2O6S/c1-2-28-18(23)13-17-19(24)21(14-15-9-5-3-6-10-15)20(25)22(17)29(26,27)16-11-7-4-8-12-16/h3-13H,2,14H2,1H3/b17-13-. The minimum atomic E-state index is -4.41. The number of nitrogens with zero attached hydrogens (tertiary/aromatic N) is 2. The summed E-state index contributed by atoms with van der Waals surface area (Å²) in [6.07, 6.45) is 0.731. The number of benzene rings is 2. The van der Waals surface area contributed by atoms with Gasteiger partial charge in [-0.15, -0.1) is 0 Å². The molecule has 3 rings (SSSR count). The van der Waals surface area contributed by atoms with E-state index in [0.717, 1.165) is 11.0 Å². The Balaban J connectivity index is 2.06. The number of urea groups is 1. The molecule has 150 valence electrons. The average Bonchev–Trinajstić information content (AvgIpc) is 2.94. The Hall–Kier alpha value is -3.46. The van der Waals surface area contributed by atoms with Crippen molar-refractivity contribution in [3.63, 3.8) is 0 Å². The normalized spacial score (nSPS) is 15.8. The number of hydrogen-bond acceptors (Lipinski definition) is 6. The molecule has 0 N–H and O–H groups in total. The maximum atomic E-state index is 13.1. The molecule has 0 atom stereocenters. The number of carbonyl (C=O) groups is 3.